The molecule has 0 aromatic carbocycles. The molecule has 0 unspecified atom stereocenters. The predicted molar refractivity (Wildman–Crippen MR) is 61.4 cm³/mol. The smallest absolute Gasteiger partial charge is 0.0648 e. The highest BCUT2D eigenvalue weighted by atomic mass is 16.5. The van der Waals surface area contributed by atoms with E-state index in [-0.39, 0.29) is 0 Å². The molecule has 0 amide bonds. The molecule has 0 aromatic heterocycles. The third kappa shape index (κ3) is 3.45. The van der Waals surface area contributed by atoms with E-state index in [4.69, 9.17) is 4.74 Å². The fraction of sp³-hybridized carbons (Fsp3) is 0.846. The first-order valence-electron chi connectivity index (χ1n) is 5.76. The molecule has 0 spiro atoms. The first kappa shape index (κ1) is 11.8. The van der Waals surface area contributed by atoms with E-state index in [2.05, 4.69) is 27.4 Å². The molecule has 0 aromatic rings. The normalized spacial score (nSPS) is 28.8. The van der Waals surface area contributed by atoms with Crippen LogP contribution in [0.15, 0.2) is 12.7 Å². The summed E-state index contributed by atoms with van der Waals surface area (Å²) in [6, 6.07) is 0. The molecule has 0 saturated heterocycles. The van der Waals surface area contributed by atoms with Gasteiger partial charge in [0.1, 0.15) is 0 Å². The van der Waals surface area contributed by atoms with Crippen LogP contribution < -0.4 is 0 Å². The Hall–Kier alpha value is -0.300. The van der Waals surface area contributed by atoms with Gasteiger partial charge in [-0.05, 0) is 37.0 Å². The summed E-state index contributed by atoms with van der Waals surface area (Å²) < 4.78 is 5.68. The molecule has 82 valence electrons. The third-order valence-corrected chi connectivity index (χ3v) is 3.35. The van der Waals surface area contributed by atoms with Gasteiger partial charge >= 0.3 is 0 Å². The Balaban J connectivity index is 2.27. The maximum Gasteiger partial charge on any atom is 0.0648 e. The van der Waals surface area contributed by atoms with Gasteiger partial charge in [-0.2, -0.15) is 0 Å². The summed E-state index contributed by atoms with van der Waals surface area (Å²) in [5, 5.41) is 0. The lowest BCUT2D eigenvalue weighted by Crippen LogP contribution is -2.29. The van der Waals surface area contributed by atoms with Crippen molar-refractivity contribution in [1.29, 1.82) is 0 Å². The third-order valence-electron chi connectivity index (χ3n) is 3.35. The Morgan fingerprint density at radius 3 is 2.21 bits per heavy atom. The summed E-state index contributed by atoms with van der Waals surface area (Å²) >= 11 is 0. The van der Waals surface area contributed by atoms with Crippen molar-refractivity contribution in [2.75, 3.05) is 6.61 Å². The van der Waals surface area contributed by atoms with E-state index in [1.54, 1.807) is 0 Å². The molecule has 1 aliphatic rings. The molecule has 1 aliphatic carbocycles. The van der Waals surface area contributed by atoms with Crippen molar-refractivity contribution >= 4 is 0 Å². The second kappa shape index (κ2) is 4.97. The van der Waals surface area contributed by atoms with Crippen LogP contribution in [0.25, 0.3) is 0 Å². The van der Waals surface area contributed by atoms with Crippen molar-refractivity contribution in [2.45, 2.75) is 52.6 Å². The molecule has 0 radical (unpaired) electrons. The summed E-state index contributed by atoms with van der Waals surface area (Å²) in [7, 11) is 0. The Morgan fingerprint density at radius 2 is 1.79 bits per heavy atom. The summed E-state index contributed by atoms with van der Waals surface area (Å²) in [6.07, 6.45) is 7.45. The van der Waals surface area contributed by atoms with E-state index in [0.717, 1.165) is 5.92 Å². The maximum absolute atomic E-state index is 5.68. The lowest BCUT2D eigenvalue weighted by Gasteiger charge is -2.36. The van der Waals surface area contributed by atoms with E-state index in [1.165, 1.54) is 25.7 Å². The summed E-state index contributed by atoms with van der Waals surface area (Å²) in [4.78, 5) is 0. The minimum absolute atomic E-state index is 0.476. The van der Waals surface area contributed by atoms with Crippen LogP contribution >= 0.6 is 0 Å². The predicted octanol–water partition coefficient (Wildman–Crippen LogP) is 3.79. The molecule has 0 heterocycles. The average molecular weight is 196 g/mol. The summed E-state index contributed by atoms with van der Waals surface area (Å²) in [5.74, 6) is 0.881. The van der Waals surface area contributed by atoms with Crippen molar-refractivity contribution in [2.24, 2.45) is 11.3 Å². The average Bonchev–Trinajstić information content (AvgIpc) is 2.14. The van der Waals surface area contributed by atoms with Crippen molar-refractivity contribution in [3.63, 3.8) is 0 Å². The van der Waals surface area contributed by atoms with Crippen molar-refractivity contribution in [1.82, 2.24) is 0 Å². The highest BCUT2D eigenvalue weighted by Crippen LogP contribution is 2.38. The topological polar surface area (TPSA) is 9.23 Å². The van der Waals surface area contributed by atoms with Crippen LogP contribution in [0.4, 0.5) is 0 Å². The van der Waals surface area contributed by atoms with Gasteiger partial charge in [0.2, 0.25) is 0 Å². The highest BCUT2D eigenvalue weighted by molar-refractivity contribution is 4.81. The van der Waals surface area contributed by atoms with Crippen molar-refractivity contribution in [3.8, 4) is 0 Å². The van der Waals surface area contributed by atoms with Crippen LogP contribution in [0.3, 0.4) is 0 Å². The molecular weight excluding hydrogens is 172 g/mol. The minimum atomic E-state index is 0.476. The van der Waals surface area contributed by atoms with Crippen LogP contribution in [0.5, 0.6) is 0 Å². The Morgan fingerprint density at radius 1 is 1.21 bits per heavy atom. The van der Waals surface area contributed by atoms with Gasteiger partial charge in [0.05, 0.1) is 12.7 Å². The fourth-order valence-corrected chi connectivity index (χ4v) is 2.30. The van der Waals surface area contributed by atoms with E-state index < -0.39 is 0 Å². The van der Waals surface area contributed by atoms with E-state index in [9.17, 15) is 0 Å². The molecule has 1 saturated carbocycles. The molecule has 0 aliphatic heterocycles. The van der Waals surface area contributed by atoms with E-state index in [0.29, 0.717) is 18.1 Å². The monoisotopic (exact) mass is 196 g/mol. The molecule has 1 fully saturated rings. The summed E-state index contributed by atoms with van der Waals surface area (Å²) in [5.41, 5.74) is 0.476. The zero-order chi connectivity index (χ0) is 10.6. The van der Waals surface area contributed by atoms with Gasteiger partial charge < -0.3 is 4.74 Å². The highest BCUT2D eigenvalue weighted by Gasteiger charge is 2.29. The zero-order valence-corrected chi connectivity index (χ0v) is 9.88. The lowest BCUT2D eigenvalue weighted by molar-refractivity contribution is 0.0176. The van der Waals surface area contributed by atoms with Gasteiger partial charge in [0.15, 0.2) is 0 Å². The Bertz CT molecular complexity index is 170. The first-order chi connectivity index (χ1) is 6.54. The van der Waals surface area contributed by atoms with Crippen LogP contribution in [0.1, 0.15) is 46.5 Å². The molecule has 1 rings (SSSR count). The van der Waals surface area contributed by atoms with Gasteiger partial charge in [-0.1, -0.05) is 26.8 Å². The number of hydrogen-bond acceptors (Lipinski definition) is 1. The summed E-state index contributed by atoms with van der Waals surface area (Å²) in [6.45, 7) is 11.4. The second-order valence-electron chi connectivity index (χ2n) is 5.46. The largest absolute Gasteiger partial charge is 0.374 e. The molecule has 0 atom stereocenters. The zero-order valence-electron chi connectivity index (χ0n) is 9.88. The Kier molecular flexibility index (Phi) is 4.18. The fourth-order valence-electron chi connectivity index (χ4n) is 2.30. The van der Waals surface area contributed by atoms with Crippen LogP contribution in [0.2, 0.25) is 0 Å². The van der Waals surface area contributed by atoms with Crippen LogP contribution in [-0.4, -0.2) is 12.7 Å². The SMILES string of the molecule is C=CCO[C@H]1CC[C@H](C(C)(C)C)CC1. The molecule has 1 nitrogen and oxygen atoms in total. The van der Waals surface area contributed by atoms with Gasteiger partial charge in [0, 0.05) is 0 Å². The van der Waals surface area contributed by atoms with Gasteiger partial charge in [-0.25, -0.2) is 0 Å². The van der Waals surface area contributed by atoms with Crippen LogP contribution in [0, 0.1) is 11.3 Å². The van der Waals surface area contributed by atoms with Gasteiger partial charge in [0.25, 0.3) is 0 Å². The molecule has 0 bridgehead atoms. The maximum atomic E-state index is 5.68. The molecular formula is C13H24O. The second-order valence-corrected chi connectivity index (χ2v) is 5.46. The number of rotatable bonds is 3. The Labute approximate surface area is 88.5 Å². The van der Waals surface area contributed by atoms with Gasteiger partial charge in [-0.15, -0.1) is 6.58 Å². The number of hydrogen-bond donors (Lipinski definition) is 0. The van der Waals surface area contributed by atoms with Gasteiger partial charge in [-0.3, -0.25) is 0 Å². The van der Waals surface area contributed by atoms with E-state index >= 15 is 0 Å². The lowest BCUT2D eigenvalue weighted by atomic mass is 9.72. The quantitative estimate of drug-likeness (QED) is 0.624. The first-order valence-corrected chi connectivity index (χ1v) is 5.76. The van der Waals surface area contributed by atoms with Crippen LogP contribution in [-0.2, 0) is 4.74 Å². The minimum Gasteiger partial charge on any atom is -0.374 e. The van der Waals surface area contributed by atoms with E-state index in [1.807, 2.05) is 6.08 Å². The molecule has 14 heavy (non-hydrogen) atoms. The standard InChI is InChI=1S/C13H24O/c1-5-10-14-12-8-6-11(7-9-12)13(2,3)4/h5,11-12H,1,6-10H2,2-4H3/t11-,12-. The number of ether oxygens (including phenoxy) is 1. The van der Waals surface area contributed by atoms with Crippen molar-refractivity contribution < 1.29 is 4.74 Å². The molecule has 0 N–H and O–H groups in total. The molecule has 1 heteroatoms. The van der Waals surface area contributed by atoms with Crippen molar-refractivity contribution in [3.05, 3.63) is 12.7 Å².